The highest BCUT2D eigenvalue weighted by Crippen LogP contribution is 2.48. The molecule has 0 amide bonds. The fourth-order valence-electron chi connectivity index (χ4n) is 3.09. The van der Waals surface area contributed by atoms with Crippen molar-refractivity contribution in [1.29, 1.82) is 0 Å². The Morgan fingerprint density at radius 2 is 1.57 bits per heavy atom. The Bertz CT molecular complexity index is 1040. The summed E-state index contributed by atoms with van der Waals surface area (Å²) >= 11 is 12.4. The van der Waals surface area contributed by atoms with Crippen LogP contribution in [-0.4, -0.2) is 38.4 Å². The second-order valence-corrected chi connectivity index (χ2v) is 6.57. The van der Waals surface area contributed by atoms with Crippen LogP contribution >= 0.6 is 23.2 Å². The normalized spacial score (nSPS) is 10.8. The fraction of sp³-hybridized carbons (Fsp3) is 0.263. The minimum absolute atomic E-state index is 0.0621. The Kier molecular flexibility index (Phi) is 5.86. The summed E-state index contributed by atoms with van der Waals surface area (Å²) in [6.07, 6.45) is 0.408. The Morgan fingerprint density at radius 1 is 0.893 bits per heavy atom. The van der Waals surface area contributed by atoms with E-state index in [1.54, 1.807) is 19.2 Å². The number of nitrogen functional groups attached to an aromatic ring is 1. The molecule has 0 aliphatic heterocycles. The first-order valence-corrected chi connectivity index (χ1v) is 8.96. The molecule has 9 heteroatoms. The van der Waals surface area contributed by atoms with Gasteiger partial charge in [-0.2, -0.15) is 0 Å². The molecule has 0 fully saturated rings. The van der Waals surface area contributed by atoms with Crippen molar-refractivity contribution in [2.75, 3.05) is 34.2 Å². The topological polar surface area (TPSA) is 88.7 Å². The van der Waals surface area contributed by atoms with Gasteiger partial charge in [0.25, 0.3) is 0 Å². The van der Waals surface area contributed by atoms with Crippen LogP contribution in [0.4, 0.5) is 5.69 Å². The number of benzene rings is 2. The highest BCUT2D eigenvalue weighted by Gasteiger charge is 2.25. The maximum Gasteiger partial charge on any atom is 0.223 e. The largest absolute Gasteiger partial charge is 0.495 e. The van der Waals surface area contributed by atoms with Crippen LogP contribution in [0.2, 0.25) is 10.3 Å². The average molecular weight is 424 g/mol. The number of aromatic nitrogens is 2. The summed E-state index contributed by atoms with van der Waals surface area (Å²) in [5, 5.41) is 1.13. The van der Waals surface area contributed by atoms with Crippen LogP contribution < -0.4 is 24.7 Å². The van der Waals surface area contributed by atoms with E-state index in [9.17, 15) is 0 Å². The number of ether oxygens (including phenoxy) is 4. The molecule has 7 nitrogen and oxygen atoms in total. The monoisotopic (exact) mass is 423 g/mol. The predicted octanol–water partition coefficient (Wildman–Crippen LogP) is 4.14. The van der Waals surface area contributed by atoms with Crippen LogP contribution in [0.1, 0.15) is 11.3 Å². The van der Waals surface area contributed by atoms with Crippen molar-refractivity contribution in [3.05, 3.63) is 39.8 Å². The predicted molar refractivity (Wildman–Crippen MR) is 109 cm³/mol. The Morgan fingerprint density at radius 3 is 2.14 bits per heavy atom. The number of anilines is 1. The molecule has 0 radical (unpaired) electrons. The number of hydrogen-bond acceptors (Lipinski definition) is 7. The third-order valence-corrected chi connectivity index (χ3v) is 4.76. The molecule has 0 bridgehead atoms. The SMILES string of the molecule is COc1ccc(Cc2nc(Cl)nc3c(OC)c(OC)c(OC)c(N)c23)cc1Cl. The first-order chi connectivity index (χ1) is 13.4. The molecule has 0 unspecified atom stereocenters. The lowest BCUT2D eigenvalue weighted by atomic mass is 10.0. The van der Waals surface area contributed by atoms with Gasteiger partial charge >= 0.3 is 0 Å². The van der Waals surface area contributed by atoms with Crippen LogP contribution in [0.5, 0.6) is 23.0 Å². The number of nitrogens with two attached hydrogens (primary N) is 1. The zero-order chi connectivity index (χ0) is 20.4. The van der Waals surface area contributed by atoms with Crippen LogP contribution in [-0.2, 0) is 6.42 Å². The van der Waals surface area contributed by atoms with Gasteiger partial charge in [-0.3, -0.25) is 0 Å². The second-order valence-electron chi connectivity index (χ2n) is 5.82. The van der Waals surface area contributed by atoms with Crippen molar-refractivity contribution in [3.8, 4) is 23.0 Å². The molecule has 3 rings (SSSR count). The highest BCUT2D eigenvalue weighted by atomic mass is 35.5. The summed E-state index contributed by atoms with van der Waals surface area (Å²) in [6, 6.07) is 5.48. The minimum Gasteiger partial charge on any atom is -0.495 e. The number of fused-ring (bicyclic) bond motifs is 1. The molecular formula is C19H19Cl2N3O4. The molecule has 2 N–H and O–H groups in total. The Balaban J connectivity index is 2.27. The van der Waals surface area contributed by atoms with Gasteiger partial charge in [0.05, 0.1) is 50.2 Å². The quantitative estimate of drug-likeness (QED) is 0.470. The Hall–Kier alpha value is -2.64. The summed E-state index contributed by atoms with van der Waals surface area (Å²) in [5.74, 6) is 1.63. The highest BCUT2D eigenvalue weighted by molar-refractivity contribution is 6.32. The molecule has 2 aromatic carbocycles. The van der Waals surface area contributed by atoms with E-state index in [0.29, 0.717) is 56.7 Å². The van der Waals surface area contributed by atoms with Crippen molar-refractivity contribution in [3.63, 3.8) is 0 Å². The second kappa shape index (κ2) is 8.16. The number of halogens is 2. The van der Waals surface area contributed by atoms with Gasteiger partial charge in [0.1, 0.15) is 11.3 Å². The molecule has 0 aliphatic rings. The number of methoxy groups -OCH3 is 4. The van der Waals surface area contributed by atoms with Crippen LogP contribution in [0.25, 0.3) is 10.9 Å². The first kappa shape index (κ1) is 20.1. The van der Waals surface area contributed by atoms with E-state index in [1.807, 2.05) is 6.07 Å². The van der Waals surface area contributed by atoms with Crippen molar-refractivity contribution >= 4 is 39.8 Å². The van der Waals surface area contributed by atoms with Gasteiger partial charge in [0.15, 0.2) is 11.5 Å². The van der Waals surface area contributed by atoms with Crippen molar-refractivity contribution in [2.45, 2.75) is 6.42 Å². The lowest BCUT2D eigenvalue weighted by Gasteiger charge is -2.18. The molecule has 0 aliphatic carbocycles. The van der Waals surface area contributed by atoms with Crippen molar-refractivity contribution in [1.82, 2.24) is 9.97 Å². The lowest BCUT2D eigenvalue weighted by molar-refractivity contribution is 0.328. The maximum atomic E-state index is 6.38. The van der Waals surface area contributed by atoms with E-state index in [0.717, 1.165) is 5.56 Å². The molecule has 0 spiro atoms. The maximum absolute atomic E-state index is 6.38. The summed E-state index contributed by atoms with van der Waals surface area (Å²) < 4.78 is 21.6. The summed E-state index contributed by atoms with van der Waals surface area (Å²) in [7, 11) is 6.06. The molecule has 1 heterocycles. The molecule has 0 saturated heterocycles. The van der Waals surface area contributed by atoms with Crippen LogP contribution in [0, 0.1) is 0 Å². The molecule has 0 saturated carbocycles. The smallest absolute Gasteiger partial charge is 0.223 e. The van der Waals surface area contributed by atoms with E-state index >= 15 is 0 Å². The van der Waals surface area contributed by atoms with E-state index in [-0.39, 0.29) is 5.28 Å². The average Bonchev–Trinajstić information content (AvgIpc) is 2.67. The van der Waals surface area contributed by atoms with Gasteiger partial charge < -0.3 is 24.7 Å². The summed E-state index contributed by atoms with van der Waals surface area (Å²) in [5.41, 5.74) is 8.65. The molecule has 148 valence electrons. The van der Waals surface area contributed by atoms with Gasteiger partial charge in [-0.15, -0.1) is 0 Å². The number of hydrogen-bond donors (Lipinski definition) is 1. The van der Waals surface area contributed by atoms with E-state index < -0.39 is 0 Å². The third kappa shape index (κ3) is 3.43. The van der Waals surface area contributed by atoms with Gasteiger partial charge in [-0.1, -0.05) is 17.7 Å². The van der Waals surface area contributed by atoms with Gasteiger partial charge in [0, 0.05) is 6.42 Å². The fourth-order valence-corrected chi connectivity index (χ4v) is 3.56. The van der Waals surface area contributed by atoms with E-state index in [4.69, 9.17) is 47.9 Å². The van der Waals surface area contributed by atoms with E-state index in [1.165, 1.54) is 21.3 Å². The molecule has 28 heavy (non-hydrogen) atoms. The van der Waals surface area contributed by atoms with Crippen molar-refractivity contribution < 1.29 is 18.9 Å². The van der Waals surface area contributed by atoms with Gasteiger partial charge in [0.2, 0.25) is 11.0 Å². The Labute approximate surface area is 172 Å². The zero-order valence-electron chi connectivity index (χ0n) is 15.8. The third-order valence-electron chi connectivity index (χ3n) is 4.30. The summed E-state index contributed by atoms with van der Waals surface area (Å²) in [6.45, 7) is 0. The van der Waals surface area contributed by atoms with Gasteiger partial charge in [-0.25, -0.2) is 9.97 Å². The zero-order valence-corrected chi connectivity index (χ0v) is 17.3. The van der Waals surface area contributed by atoms with Crippen LogP contribution in [0.15, 0.2) is 18.2 Å². The number of nitrogens with zero attached hydrogens (tertiary/aromatic N) is 2. The molecule has 1 aromatic heterocycles. The van der Waals surface area contributed by atoms with Crippen LogP contribution in [0.3, 0.4) is 0 Å². The molecular weight excluding hydrogens is 405 g/mol. The minimum atomic E-state index is 0.0621. The number of rotatable bonds is 6. The first-order valence-electron chi connectivity index (χ1n) is 8.21. The van der Waals surface area contributed by atoms with E-state index in [2.05, 4.69) is 9.97 Å². The summed E-state index contributed by atoms with van der Waals surface area (Å²) in [4.78, 5) is 8.69. The lowest BCUT2D eigenvalue weighted by Crippen LogP contribution is -2.06. The van der Waals surface area contributed by atoms with Crippen molar-refractivity contribution in [2.24, 2.45) is 0 Å². The standard InChI is InChI=1S/C19H19Cl2N3O4/c1-25-12-6-5-9(7-10(12)20)8-11-13-14(22)16(26-2)18(28-4)17(27-3)15(13)24-19(21)23-11/h5-7H,8,22H2,1-4H3. The molecule has 0 atom stereocenters. The van der Waals surface area contributed by atoms with Gasteiger partial charge in [-0.05, 0) is 29.3 Å². The molecule has 3 aromatic rings.